The Labute approximate surface area is 190 Å². The number of nitrogens with one attached hydrogen (secondary N) is 2. The summed E-state index contributed by atoms with van der Waals surface area (Å²) in [4.78, 5) is 35.3. The molecule has 0 fully saturated rings. The summed E-state index contributed by atoms with van der Waals surface area (Å²) in [6.07, 6.45) is -0.773. The molecule has 0 spiro atoms. The van der Waals surface area contributed by atoms with Crippen molar-refractivity contribution in [2.45, 2.75) is 12.4 Å². The topological polar surface area (TPSA) is 105 Å². The lowest BCUT2D eigenvalue weighted by molar-refractivity contribution is -0.120. The van der Waals surface area contributed by atoms with Crippen molar-refractivity contribution in [1.29, 1.82) is 0 Å². The average molecular weight is 473 g/mol. The van der Waals surface area contributed by atoms with Gasteiger partial charge in [0, 0.05) is 10.3 Å². The van der Waals surface area contributed by atoms with Crippen molar-refractivity contribution in [3.8, 4) is 0 Å². The molecule has 3 aromatic carbocycles. The predicted molar refractivity (Wildman–Crippen MR) is 123 cm³/mol. The third-order valence-corrected chi connectivity index (χ3v) is 6.98. The van der Waals surface area contributed by atoms with Crippen molar-refractivity contribution in [3.63, 3.8) is 0 Å². The smallest absolute Gasteiger partial charge is 0.407 e. The normalized spacial score (nSPS) is 13.4. The summed E-state index contributed by atoms with van der Waals surface area (Å²) >= 11 is 5.89. The molecule has 0 aliphatic carbocycles. The van der Waals surface area contributed by atoms with Gasteiger partial charge < -0.3 is 20.3 Å². The van der Waals surface area contributed by atoms with Crippen molar-refractivity contribution in [2.75, 3.05) is 6.54 Å². The van der Waals surface area contributed by atoms with Crippen LogP contribution < -0.4 is 15.9 Å². The summed E-state index contributed by atoms with van der Waals surface area (Å²) < 4.78 is 18.4. The Morgan fingerprint density at radius 2 is 1.53 bits per heavy atom. The van der Waals surface area contributed by atoms with Crippen LogP contribution in [0, 0.1) is 0 Å². The first-order valence-electron chi connectivity index (χ1n) is 9.74. The lowest BCUT2D eigenvalue weighted by Crippen LogP contribution is -2.39. The fraction of sp³-hybridized carbons (Fsp3) is 0.130. The summed E-state index contributed by atoms with van der Waals surface area (Å²) in [7, 11) is -4.09. The van der Waals surface area contributed by atoms with Gasteiger partial charge in [-0.2, -0.15) is 0 Å². The highest BCUT2D eigenvalue weighted by Crippen LogP contribution is 2.52. The lowest BCUT2D eigenvalue weighted by atomic mass is 10.2. The van der Waals surface area contributed by atoms with Crippen LogP contribution in [0.5, 0.6) is 0 Å². The van der Waals surface area contributed by atoms with Crippen LogP contribution in [0.4, 0.5) is 4.79 Å². The minimum atomic E-state index is -4.09. The maximum absolute atomic E-state index is 13.3. The Morgan fingerprint density at radius 3 is 2.16 bits per heavy atom. The van der Waals surface area contributed by atoms with Gasteiger partial charge in [0.05, 0.1) is 0 Å². The first kappa shape index (κ1) is 23.5. The molecule has 7 nitrogen and oxygen atoms in total. The number of rotatable bonds is 8. The van der Waals surface area contributed by atoms with Gasteiger partial charge in [0.2, 0.25) is 5.91 Å². The van der Waals surface area contributed by atoms with E-state index in [0.29, 0.717) is 10.6 Å². The summed E-state index contributed by atoms with van der Waals surface area (Å²) in [6, 6.07) is 23.5. The Morgan fingerprint density at radius 1 is 0.938 bits per heavy atom. The van der Waals surface area contributed by atoms with E-state index in [1.54, 1.807) is 42.5 Å². The molecule has 3 N–H and O–H groups in total. The Hall–Kier alpha value is -3.12. The van der Waals surface area contributed by atoms with Gasteiger partial charge in [-0.1, -0.05) is 72.3 Å². The van der Waals surface area contributed by atoms with Gasteiger partial charge in [-0.15, -0.1) is 0 Å². The molecule has 0 aliphatic heterocycles. The second-order valence-electron chi connectivity index (χ2n) is 6.90. The van der Waals surface area contributed by atoms with Crippen molar-refractivity contribution in [2.24, 2.45) is 0 Å². The first-order valence-corrected chi connectivity index (χ1v) is 11.8. The first-order chi connectivity index (χ1) is 15.4. The molecule has 0 heterocycles. The van der Waals surface area contributed by atoms with Gasteiger partial charge in [-0.3, -0.25) is 9.36 Å². The van der Waals surface area contributed by atoms with Crippen molar-refractivity contribution in [1.82, 2.24) is 10.6 Å². The summed E-state index contributed by atoms with van der Waals surface area (Å²) in [5.41, 5.74) is 1.26. The number of hydrogen-bond donors (Lipinski definition) is 3. The van der Waals surface area contributed by atoms with Gasteiger partial charge in [0.1, 0.15) is 18.9 Å². The van der Waals surface area contributed by atoms with E-state index in [1.165, 1.54) is 24.3 Å². The third-order valence-electron chi connectivity index (χ3n) is 4.57. The number of carbonyl (C=O) groups is 2. The molecular formula is C23H22ClN2O5P. The quantitative estimate of drug-likeness (QED) is 0.430. The van der Waals surface area contributed by atoms with Crippen LogP contribution in [0.25, 0.3) is 0 Å². The summed E-state index contributed by atoms with van der Waals surface area (Å²) in [5, 5.41) is 5.47. The van der Waals surface area contributed by atoms with Crippen molar-refractivity contribution in [3.05, 3.63) is 101 Å². The molecular weight excluding hydrogens is 451 g/mol. The molecule has 0 saturated heterocycles. The third kappa shape index (κ3) is 6.44. The van der Waals surface area contributed by atoms with Gasteiger partial charge in [0.25, 0.3) is 7.37 Å². The average Bonchev–Trinajstić information content (AvgIpc) is 2.81. The van der Waals surface area contributed by atoms with E-state index in [9.17, 15) is 19.0 Å². The zero-order chi connectivity index (χ0) is 23.0. The number of ether oxygens (including phenoxy) is 1. The van der Waals surface area contributed by atoms with Crippen molar-refractivity contribution >= 4 is 36.3 Å². The Kier molecular flexibility index (Phi) is 8.06. The van der Waals surface area contributed by atoms with Crippen LogP contribution in [-0.2, 0) is 20.7 Å². The fourth-order valence-corrected chi connectivity index (χ4v) is 4.84. The number of hydrogen-bond acceptors (Lipinski definition) is 4. The minimum absolute atomic E-state index is 0.0589. The molecule has 0 aromatic heterocycles. The second-order valence-corrected chi connectivity index (χ2v) is 9.61. The summed E-state index contributed by atoms with van der Waals surface area (Å²) in [6.45, 7) is -0.360. The fourth-order valence-electron chi connectivity index (χ4n) is 2.94. The van der Waals surface area contributed by atoms with Crippen LogP contribution in [0.15, 0.2) is 84.9 Å². The second kappa shape index (κ2) is 11.0. The van der Waals surface area contributed by atoms with Crippen molar-refractivity contribution < 1.29 is 23.8 Å². The maximum Gasteiger partial charge on any atom is 0.407 e. The van der Waals surface area contributed by atoms with E-state index in [1.807, 2.05) is 18.2 Å². The number of carbonyl (C=O) groups excluding carboxylic acids is 2. The minimum Gasteiger partial charge on any atom is -0.445 e. The Balaban J connectivity index is 1.65. The van der Waals surface area contributed by atoms with Crippen LogP contribution in [0.1, 0.15) is 16.9 Å². The Bertz CT molecular complexity index is 1090. The van der Waals surface area contributed by atoms with Crippen LogP contribution in [0.3, 0.4) is 0 Å². The van der Waals surface area contributed by atoms with Crippen LogP contribution in [0.2, 0.25) is 5.02 Å². The molecule has 32 heavy (non-hydrogen) atoms. The summed E-state index contributed by atoms with van der Waals surface area (Å²) in [5.74, 6) is -1.85. The van der Waals surface area contributed by atoms with Crippen LogP contribution >= 0.6 is 19.0 Å². The standard InChI is InChI=1S/C23H22ClN2O5P/c24-19-11-13-20(14-12-19)32(29,30)22(18-9-5-2-6-10-18)26-21(27)15-25-23(28)31-16-17-7-3-1-4-8-17/h1-14,22H,15-16H2,(H,25,28)(H,26,27)(H,29,30)/t22-/m1/s1. The molecule has 0 saturated carbocycles. The van der Waals surface area contributed by atoms with Gasteiger partial charge in [-0.05, 0) is 35.4 Å². The highest BCUT2D eigenvalue weighted by atomic mass is 35.5. The van der Waals surface area contributed by atoms with E-state index >= 15 is 0 Å². The number of amides is 2. The SMILES string of the molecule is O=C(CNC(=O)OCc1ccccc1)N[C@@H](c1ccccc1)P(=O)(O)c1ccc(Cl)cc1. The highest BCUT2D eigenvalue weighted by Gasteiger charge is 2.35. The van der Waals surface area contributed by atoms with E-state index in [-0.39, 0.29) is 11.9 Å². The number of benzene rings is 3. The van der Waals surface area contributed by atoms with E-state index in [0.717, 1.165) is 5.56 Å². The van der Waals surface area contributed by atoms with Gasteiger partial charge in [0.15, 0.2) is 0 Å². The molecule has 0 radical (unpaired) electrons. The van der Waals surface area contributed by atoms with Gasteiger partial charge >= 0.3 is 6.09 Å². The largest absolute Gasteiger partial charge is 0.445 e. The molecule has 166 valence electrons. The molecule has 1 unspecified atom stereocenters. The van der Waals surface area contributed by atoms with E-state index in [4.69, 9.17) is 16.3 Å². The number of alkyl carbamates (subject to hydrolysis) is 1. The molecule has 9 heteroatoms. The lowest BCUT2D eigenvalue weighted by Gasteiger charge is -2.25. The van der Waals surface area contributed by atoms with E-state index < -0.39 is 31.7 Å². The maximum atomic E-state index is 13.3. The molecule has 3 rings (SSSR count). The molecule has 0 bridgehead atoms. The highest BCUT2D eigenvalue weighted by molar-refractivity contribution is 7.66. The molecule has 3 aromatic rings. The number of halogens is 1. The van der Waals surface area contributed by atoms with E-state index in [2.05, 4.69) is 10.6 Å². The molecule has 2 atom stereocenters. The predicted octanol–water partition coefficient (Wildman–Crippen LogP) is 3.98. The zero-order valence-corrected chi connectivity index (χ0v) is 18.6. The molecule has 0 aliphatic rings. The zero-order valence-electron chi connectivity index (χ0n) is 17.0. The monoisotopic (exact) mass is 472 g/mol. The van der Waals surface area contributed by atoms with Gasteiger partial charge in [-0.25, -0.2) is 4.79 Å². The molecule has 2 amide bonds. The van der Waals surface area contributed by atoms with Crippen LogP contribution in [-0.4, -0.2) is 23.4 Å².